The second-order valence-corrected chi connectivity index (χ2v) is 4.87. The quantitative estimate of drug-likeness (QED) is 0.838. The van der Waals surface area contributed by atoms with Gasteiger partial charge in [-0.3, -0.25) is 4.90 Å². The van der Waals surface area contributed by atoms with Crippen LogP contribution in [-0.4, -0.2) is 30.6 Å². The second kappa shape index (κ2) is 5.64. The Morgan fingerprint density at radius 1 is 1.47 bits per heavy atom. The molecule has 1 fully saturated rings. The lowest BCUT2D eigenvalue weighted by Gasteiger charge is -2.32. The smallest absolute Gasteiger partial charge is 0.0242 e. The van der Waals surface area contributed by atoms with E-state index in [0.717, 1.165) is 6.54 Å². The van der Waals surface area contributed by atoms with Gasteiger partial charge in [0.05, 0.1) is 0 Å². The maximum atomic E-state index is 5.48. The summed E-state index contributed by atoms with van der Waals surface area (Å²) in [7, 11) is 0. The highest BCUT2D eigenvalue weighted by atomic mass is 32.1. The zero-order chi connectivity index (χ0) is 10.5. The molecular formula is C12H18N2S. The van der Waals surface area contributed by atoms with E-state index >= 15 is 0 Å². The summed E-state index contributed by atoms with van der Waals surface area (Å²) in [5.74, 6) is 0. The van der Waals surface area contributed by atoms with E-state index in [1.54, 1.807) is 11.3 Å². The van der Waals surface area contributed by atoms with Crippen LogP contribution in [0.1, 0.15) is 18.4 Å². The van der Waals surface area contributed by atoms with Crippen molar-refractivity contribution in [3.63, 3.8) is 0 Å². The summed E-state index contributed by atoms with van der Waals surface area (Å²) >= 11 is 1.78. The molecule has 0 bridgehead atoms. The molecule has 2 nitrogen and oxygen atoms in total. The van der Waals surface area contributed by atoms with Gasteiger partial charge in [-0.1, -0.05) is 0 Å². The Kier molecular flexibility index (Phi) is 4.18. The average Bonchev–Trinajstić information content (AvgIpc) is 2.74. The summed E-state index contributed by atoms with van der Waals surface area (Å²) in [6, 6.07) is 2.85. The van der Waals surface area contributed by atoms with Gasteiger partial charge < -0.3 is 5.32 Å². The highest BCUT2D eigenvalue weighted by Crippen LogP contribution is 2.15. The average molecular weight is 222 g/mol. The van der Waals surface area contributed by atoms with Gasteiger partial charge in [-0.05, 0) is 61.8 Å². The molecule has 2 radical (unpaired) electrons. The zero-order valence-electron chi connectivity index (χ0n) is 8.98. The van der Waals surface area contributed by atoms with E-state index in [9.17, 15) is 0 Å². The lowest BCUT2D eigenvalue weighted by Crippen LogP contribution is -2.42. The minimum atomic E-state index is 0.606. The van der Waals surface area contributed by atoms with Crippen molar-refractivity contribution in [1.29, 1.82) is 0 Å². The van der Waals surface area contributed by atoms with Crippen molar-refractivity contribution in [3.05, 3.63) is 29.3 Å². The van der Waals surface area contributed by atoms with Gasteiger partial charge in [0.25, 0.3) is 0 Å². The number of hydrogen-bond donors (Lipinski definition) is 1. The first-order valence-corrected chi connectivity index (χ1v) is 6.49. The molecular weight excluding hydrogens is 204 g/mol. The Balaban J connectivity index is 1.74. The van der Waals surface area contributed by atoms with Crippen molar-refractivity contribution >= 4 is 11.3 Å². The largest absolute Gasteiger partial charge is 0.314 e. The minimum absolute atomic E-state index is 0.606. The van der Waals surface area contributed by atoms with E-state index in [1.165, 1.54) is 31.5 Å². The highest BCUT2D eigenvalue weighted by molar-refractivity contribution is 7.07. The number of likely N-dealkylation sites (tertiary alicyclic amines) is 1. The summed E-state index contributed by atoms with van der Waals surface area (Å²) in [5, 5.41) is 7.71. The first-order valence-electron chi connectivity index (χ1n) is 5.55. The number of thiophene rings is 1. The molecule has 1 aliphatic heterocycles. The summed E-state index contributed by atoms with van der Waals surface area (Å²) in [4.78, 5) is 2.52. The summed E-state index contributed by atoms with van der Waals surface area (Å²) in [6.45, 7) is 9.57. The topological polar surface area (TPSA) is 15.3 Å². The lowest BCUT2D eigenvalue weighted by atomic mass is 10.0. The van der Waals surface area contributed by atoms with Crippen LogP contribution in [0, 0.1) is 6.92 Å². The fourth-order valence-electron chi connectivity index (χ4n) is 2.10. The van der Waals surface area contributed by atoms with Crippen molar-refractivity contribution < 1.29 is 0 Å². The van der Waals surface area contributed by atoms with Crippen molar-refractivity contribution in [2.75, 3.05) is 19.6 Å². The Labute approximate surface area is 96.3 Å². The molecule has 1 aliphatic rings. The predicted molar refractivity (Wildman–Crippen MR) is 64.9 cm³/mol. The maximum Gasteiger partial charge on any atom is 0.0242 e. The van der Waals surface area contributed by atoms with Crippen LogP contribution < -0.4 is 5.32 Å². The van der Waals surface area contributed by atoms with Crippen molar-refractivity contribution in [2.45, 2.75) is 25.4 Å². The van der Waals surface area contributed by atoms with Gasteiger partial charge in [0, 0.05) is 12.6 Å². The van der Waals surface area contributed by atoms with E-state index < -0.39 is 0 Å². The van der Waals surface area contributed by atoms with Crippen LogP contribution in [0.15, 0.2) is 16.8 Å². The fraction of sp³-hybridized carbons (Fsp3) is 0.583. The maximum absolute atomic E-state index is 5.48. The van der Waals surface area contributed by atoms with Crippen molar-refractivity contribution in [1.82, 2.24) is 10.2 Å². The molecule has 0 aromatic carbocycles. The SMILES string of the molecule is [CH]CNC1CCN(Cc2ccsc2)CC1. The number of nitrogens with one attached hydrogen (secondary N) is 1. The van der Waals surface area contributed by atoms with Crippen molar-refractivity contribution in [3.8, 4) is 0 Å². The van der Waals surface area contributed by atoms with Gasteiger partial charge in [0.15, 0.2) is 0 Å². The molecule has 0 aliphatic carbocycles. The molecule has 3 heteroatoms. The highest BCUT2D eigenvalue weighted by Gasteiger charge is 2.17. The summed E-state index contributed by atoms with van der Waals surface area (Å²) in [6.07, 6.45) is 2.45. The van der Waals surface area contributed by atoms with E-state index in [0.29, 0.717) is 12.6 Å². The molecule has 0 amide bonds. The minimum Gasteiger partial charge on any atom is -0.314 e. The third-order valence-corrected chi connectivity index (χ3v) is 3.71. The van der Waals surface area contributed by atoms with Crippen LogP contribution >= 0.6 is 11.3 Å². The summed E-state index contributed by atoms with van der Waals surface area (Å²) in [5.41, 5.74) is 1.45. The monoisotopic (exact) mass is 222 g/mol. The standard InChI is InChI=1S/C12H18N2S/c1-2-13-12-3-6-14(7-4-12)9-11-5-8-15-10-11/h1,5,8,10,12-13H,2-4,6-7,9H2. The van der Waals surface area contributed by atoms with Crippen molar-refractivity contribution in [2.24, 2.45) is 0 Å². The first-order chi connectivity index (χ1) is 7.38. The number of rotatable bonds is 4. The molecule has 0 unspecified atom stereocenters. The van der Waals surface area contributed by atoms with E-state index in [1.807, 2.05) is 0 Å². The van der Waals surface area contributed by atoms with Crippen LogP contribution in [-0.2, 0) is 6.54 Å². The van der Waals surface area contributed by atoms with Crippen LogP contribution in [0.3, 0.4) is 0 Å². The zero-order valence-corrected chi connectivity index (χ0v) is 9.80. The number of piperidine rings is 1. The molecule has 1 N–H and O–H groups in total. The Morgan fingerprint density at radius 3 is 2.87 bits per heavy atom. The van der Waals surface area contributed by atoms with Gasteiger partial charge in [0.2, 0.25) is 0 Å². The van der Waals surface area contributed by atoms with E-state index in [2.05, 4.69) is 27.0 Å². The second-order valence-electron chi connectivity index (χ2n) is 4.09. The molecule has 2 heterocycles. The summed E-state index contributed by atoms with van der Waals surface area (Å²) < 4.78 is 0. The first kappa shape index (κ1) is 11.1. The molecule has 15 heavy (non-hydrogen) atoms. The lowest BCUT2D eigenvalue weighted by molar-refractivity contribution is 0.193. The predicted octanol–water partition coefficient (Wildman–Crippen LogP) is 2.01. The van der Waals surface area contributed by atoms with Gasteiger partial charge in [-0.25, -0.2) is 0 Å². The molecule has 82 valence electrons. The van der Waals surface area contributed by atoms with Crippen LogP contribution in [0.25, 0.3) is 0 Å². The van der Waals surface area contributed by atoms with Gasteiger partial charge in [-0.15, -0.1) is 0 Å². The molecule has 0 atom stereocenters. The van der Waals surface area contributed by atoms with E-state index in [4.69, 9.17) is 6.92 Å². The molecule has 0 saturated carbocycles. The normalized spacial score (nSPS) is 19.5. The molecule has 1 saturated heterocycles. The van der Waals surface area contributed by atoms with Crippen LogP contribution in [0.4, 0.5) is 0 Å². The van der Waals surface area contributed by atoms with Gasteiger partial charge in [-0.2, -0.15) is 11.3 Å². The Hall–Kier alpha value is -0.380. The third kappa shape index (κ3) is 3.30. The molecule has 1 aromatic rings. The Morgan fingerprint density at radius 2 is 2.27 bits per heavy atom. The van der Waals surface area contributed by atoms with Crippen LogP contribution in [0.2, 0.25) is 0 Å². The van der Waals surface area contributed by atoms with Crippen LogP contribution in [0.5, 0.6) is 0 Å². The van der Waals surface area contributed by atoms with E-state index in [-0.39, 0.29) is 0 Å². The Bertz CT molecular complexity index is 263. The van der Waals surface area contributed by atoms with Gasteiger partial charge >= 0.3 is 0 Å². The third-order valence-electron chi connectivity index (χ3n) is 2.98. The molecule has 2 rings (SSSR count). The molecule has 1 aromatic heterocycles. The number of hydrogen-bond acceptors (Lipinski definition) is 3. The number of nitrogens with zero attached hydrogens (tertiary/aromatic N) is 1. The fourth-order valence-corrected chi connectivity index (χ4v) is 2.76. The molecule has 0 spiro atoms. The van der Waals surface area contributed by atoms with Gasteiger partial charge in [0.1, 0.15) is 0 Å².